The largest absolute Gasteiger partial charge is 0.393 e. The zero-order chi connectivity index (χ0) is 23.0. The van der Waals surface area contributed by atoms with Crippen molar-refractivity contribution in [3.8, 4) is 0 Å². The minimum Gasteiger partial charge on any atom is -0.393 e. The van der Waals surface area contributed by atoms with Gasteiger partial charge in [0.15, 0.2) is 0 Å². The second-order valence-corrected chi connectivity index (χ2v) is 9.01. The SMILES string of the molecule is CCCCCCCCCCCC(O)CC(=O)N[C@H]1COC[C@@H](OCc2ccccc2)[C@@H]1O. The second kappa shape index (κ2) is 16.2. The fraction of sp³-hybridized carbons (Fsp3) is 0.731. The van der Waals surface area contributed by atoms with Gasteiger partial charge in [0.05, 0.1) is 38.4 Å². The van der Waals surface area contributed by atoms with E-state index in [0.29, 0.717) is 19.6 Å². The minimum absolute atomic E-state index is 0.0514. The van der Waals surface area contributed by atoms with Gasteiger partial charge in [-0.3, -0.25) is 4.79 Å². The van der Waals surface area contributed by atoms with Crippen molar-refractivity contribution in [2.75, 3.05) is 13.2 Å². The number of unbranched alkanes of at least 4 members (excludes halogenated alkanes) is 8. The number of hydrogen-bond donors (Lipinski definition) is 3. The van der Waals surface area contributed by atoms with E-state index in [1.807, 2.05) is 30.3 Å². The third kappa shape index (κ3) is 10.9. The Hall–Kier alpha value is -1.47. The first-order valence-electron chi connectivity index (χ1n) is 12.5. The molecule has 1 aliphatic rings. The molecule has 1 amide bonds. The average Bonchev–Trinajstić information content (AvgIpc) is 2.79. The Labute approximate surface area is 193 Å². The van der Waals surface area contributed by atoms with E-state index < -0.39 is 24.4 Å². The van der Waals surface area contributed by atoms with E-state index in [-0.39, 0.29) is 18.9 Å². The fourth-order valence-corrected chi connectivity index (χ4v) is 4.09. The standard InChI is InChI=1S/C26H43NO5/c1-2-3-4-5-6-7-8-9-13-16-22(28)17-25(29)27-23-19-31-20-24(26(23)30)32-18-21-14-11-10-12-15-21/h10-12,14-15,22-24,26,28,30H,2-9,13,16-20H2,1H3,(H,27,29)/t22?,23-,24+,26+/m0/s1. The molecule has 6 nitrogen and oxygen atoms in total. The minimum atomic E-state index is -0.842. The average molecular weight is 450 g/mol. The topological polar surface area (TPSA) is 88.0 Å². The van der Waals surface area contributed by atoms with Gasteiger partial charge in [0.1, 0.15) is 12.2 Å². The lowest BCUT2D eigenvalue weighted by atomic mass is 10.0. The molecule has 1 aliphatic heterocycles. The van der Waals surface area contributed by atoms with Gasteiger partial charge in [0.25, 0.3) is 0 Å². The van der Waals surface area contributed by atoms with Crippen LogP contribution in [-0.4, -0.2) is 53.7 Å². The lowest BCUT2D eigenvalue weighted by Crippen LogP contribution is -2.56. The molecule has 3 N–H and O–H groups in total. The van der Waals surface area contributed by atoms with Crippen LogP contribution in [0.25, 0.3) is 0 Å². The Morgan fingerprint density at radius 3 is 2.41 bits per heavy atom. The summed E-state index contributed by atoms with van der Waals surface area (Å²) < 4.78 is 11.3. The van der Waals surface area contributed by atoms with E-state index in [4.69, 9.17) is 9.47 Å². The number of ether oxygens (including phenoxy) is 2. The monoisotopic (exact) mass is 449 g/mol. The fourth-order valence-electron chi connectivity index (χ4n) is 4.09. The Morgan fingerprint density at radius 2 is 1.72 bits per heavy atom. The number of nitrogens with one attached hydrogen (secondary N) is 1. The third-order valence-electron chi connectivity index (χ3n) is 6.09. The summed E-state index contributed by atoms with van der Waals surface area (Å²) in [5.41, 5.74) is 1.02. The van der Waals surface area contributed by atoms with Crippen LogP contribution in [0.1, 0.15) is 83.1 Å². The van der Waals surface area contributed by atoms with Crippen LogP contribution >= 0.6 is 0 Å². The number of amides is 1. The maximum absolute atomic E-state index is 12.3. The van der Waals surface area contributed by atoms with Gasteiger partial charge in [-0.15, -0.1) is 0 Å². The van der Waals surface area contributed by atoms with E-state index >= 15 is 0 Å². The van der Waals surface area contributed by atoms with E-state index in [9.17, 15) is 15.0 Å². The summed E-state index contributed by atoms with van der Waals surface area (Å²) >= 11 is 0. The van der Waals surface area contributed by atoms with Gasteiger partial charge in [-0.05, 0) is 12.0 Å². The maximum Gasteiger partial charge on any atom is 0.222 e. The molecular formula is C26H43NO5. The molecule has 0 saturated carbocycles. The number of rotatable bonds is 16. The molecule has 1 aromatic carbocycles. The quantitative estimate of drug-likeness (QED) is 0.331. The van der Waals surface area contributed by atoms with Gasteiger partial charge < -0.3 is 25.0 Å². The number of carbonyl (C=O) groups is 1. The number of hydrogen-bond acceptors (Lipinski definition) is 5. The summed E-state index contributed by atoms with van der Waals surface area (Å²) in [5.74, 6) is -0.259. The van der Waals surface area contributed by atoms with Gasteiger partial charge >= 0.3 is 0 Å². The second-order valence-electron chi connectivity index (χ2n) is 9.01. The zero-order valence-corrected chi connectivity index (χ0v) is 19.7. The van der Waals surface area contributed by atoms with Crippen molar-refractivity contribution >= 4 is 5.91 Å². The Kier molecular flexibility index (Phi) is 13.5. The summed E-state index contributed by atoms with van der Waals surface area (Å²) in [4.78, 5) is 12.3. The van der Waals surface area contributed by atoms with Gasteiger partial charge in [-0.2, -0.15) is 0 Å². The van der Waals surface area contributed by atoms with Crippen molar-refractivity contribution in [3.63, 3.8) is 0 Å². The van der Waals surface area contributed by atoms with Crippen molar-refractivity contribution in [3.05, 3.63) is 35.9 Å². The molecule has 1 fully saturated rings. The first-order chi connectivity index (χ1) is 15.6. The molecule has 1 aromatic rings. The third-order valence-corrected chi connectivity index (χ3v) is 6.09. The molecule has 0 aromatic heterocycles. The van der Waals surface area contributed by atoms with E-state index in [2.05, 4.69) is 12.2 Å². The first-order valence-corrected chi connectivity index (χ1v) is 12.5. The smallest absolute Gasteiger partial charge is 0.222 e. The van der Waals surface area contributed by atoms with Crippen LogP contribution < -0.4 is 5.32 Å². The molecule has 6 heteroatoms. The molecule has 0 aliphatic carbocycles. The maximum atomic E-state index is 12.3. The van der Waals surface area contributed by atoms with Crippen LogP contribution in [-0.2, 0) is 20.9 Å². The molecule has 0 bridgehead atoms. The van der Waals surface area contributed by atoms with Gasteiger partial charge in [-0.1, -0.05) is 95.0 Å². The first kappa shape index (κ1) is 26.8. The molecule has 1 unspecified atom stereocenters. The predicted molar refractivity (Wildman–Crippen MR) is 126 cm³/mol. The summed E-state index contributed by atoms with van der Waals surface area (Å²) in [6, 6.07) is 9.22. The van der Waals surface area contributed by atoms with Crippen LogP contribution in [0.15, 0.2) is 30.3 Å². The number of benzene rings is 1. The molecule has 2 rings (SSSR count). The van der Waals surface area contributed by atoms with Crippen molar-refractivity contribution in [2.24, 2.45) is 0 Å². The number of aliphatic hydroxyl groups is 2. The summed E-state index contributed by atoms with van der Waals surface area (Å²) in [6.07, 6.45) is 9.76. The van der Waals surface area contributed by atoms with Crippen LogP contribution in [0.3, 0.4) is 0 Å². The van der Waals surface area contributed by atoms with Crippen LogP contribution in [0.5, 0.6) is 0 Å². The van der Waals surface area contributed by atoms with Gasteiger partial charge in [0, 0.05) is 0 Å². The lowest BCUT2D eigenvalue weighted by Gasteiger charge is -2.35. The van der Waals surface area contributed by atoms with E-state index in [1.54, 1.807) is 0 Å². The molecule has 4 atom stereocenters. The van der Waals surface area contributed by atoms with Crippen LogP contribution in [0, 0.1) is 0 Å². The Bertz CT molecular complexity index is 611. The van der Waals surface area contributed by atoms with Crippen molar-refractivity contribution in [1.29, 1.82) is 0 Å². The highest BCUT2D eigenvalue weighted by molar-refractivity contribution is 5.76. The number of aliphatic hydroxyl groups excluding tert-OH is 2. The van der Waals surface area contributed by atoms with E-state index in [0.717, 1.165) is 18.4 Å². The highest BCUT2D eigenvalue weighted by Gasteiger charge is 2.34. The highest BCUT2D eigenvalue weighted by atomic mass is 16.5. The zero-order valence-electron chi connectivity index (χ0n) is 19.7. The summed E-state index contributed by atoms with van der Waals surface area (Å²) in [7, 11) is 0. The Balaban J connectivity index is 1.57. The van der Waals surface area contributed by atoms with Gasteiger partial charge in [0.2, 0.25) is 5.91 Å². The molecule has 1 saturated heterocycles. The van der Waals surface area contributed by atoms with Gasteiger partial charge in [-0.25, -0.2) is 0 Å². The highest BCUT2D eigenvalue weighted by Crippen LogP contribution is 2.16. The van der Waals surface area contributed by atoms with E-state index in [1.165, 1.54) is 44.9 Å². The van der Waals surface area contributed by atoms with Crippen LogP contribution in [0.4, 0.5) is 0 Å². The molecular weight excluding hydrogens is 406 g/mol. The summed E-state index contributed by atoms with van der Waals surface area (Å²) in [5, 5.41) is 23.6. The lowest BCUT2D eigenvalue weighted by molar-refractivity contribution is -0.146. The molecule has 0 spiro atoms. The Morgan fingerprint density at radius 1 is 1.06 bits per heavy atom. The normalized spacial score (nSPS) is 21.9. The molecule has 182 valence electrons. The van der Waals surface area contributed by atoms with Crippen molar-refractivity contribution in [1.82, 2.24) is 5.32 Å². The van der Waals surface area contributed by atoms with Crippen LogP contribution in [0.2, 0.25) is 0 Å². The van der Waals surface area contributed by atoms with Crippen molar-refractivity contribution < 1.29 is 24.5 Å². The van der Waals surface area contributed by atoms with Crippen molar-refractivity contribution in [2.45, 2.75) is 109 Å². The number of carbonyl (C=O) groups excluding carboxylic acids is 1. The molecule has 0 radical (unpaired) electrons. The summed E-state index contributed by atoms with van der Waals surface area (Å²) in [6.45, 7) is 3.15. The predicted octanol–water partition coefficient (Wildman–Crippen LogP) is 4.12. The molecule has 1 heterocycles. The molecule has 32 heavy (non-hydrogen) atoms.